The number of halogens is 1. The van der Waals surface area contributed by atoms with Crippen LogP contribution in [0, 0.1) is 12.7 Å². The third-order valence-corrected chi connectivity index (χ3v) is 4.02. The number of thiazole rings is 1. The van der Waals surface area contributed by atoms with E-state index in [0.29, 0.717) is 16.1 Å². The molecule has 1 heterocycles. The molecule has 0 radical (unpaired) electrons. The monoisotopic (exact) mass is 307 g/mol. The molecule has 0 aliphatic carbocycles. The molecule has 21 heavy (non-hydrogen) atoms. The molecular weight excluding hydrogens is 293 g/mol. The van der Waals surface area contributed by atoms with Crippen LogP contribution < -0.4 is 0 Å². The smallest absolute Gasteiger partial charge is 0.358 e. The predicted octanol–water partition coefficient (Wildman–Crippen LogP) is 3.64. The molecule has 0 aliphatic rings. The average Bonchev–Trinajstić information content (AvgIpc) is 2.84. The number of hydrogen-bond acceptors (Lipinski definition) is 5. The number of carbonyl (C=O) groups is 2. The van der Waals surface area contributed by atoms with Crippen LogP contribution in [0.25, 0.3) is 10.6 Å². The van der Waals surface area contributed by atoms with Crippen molar-refractivity contribution in [3.05, 3.63) is 40.2 Å². The van der Waals surface area contributed by atoms with E-state index in [9.17, 15) is 14.0 Å². The zero-order valence-corrected chi connectivity index (χ0v) is 12.7. The zero-order valence-electron chi connectivity index (χ0n) is 11.9. The van der Waals surface area contributed by atoms with Crippen LogP contribution in [-0.4, -0.2) is 23.3 Å². The lowest BCUT2D eigenvalue weighted by Gasteiger charge is -2.01. The normalized spacial score (nSPS) is 10.5. The van der Waals surface area contributed by atoms with Gasteiger partial charge in [0, 0.05) is 12.5 Å². The highest BCUT2D eigenvalue weighted by Crippen LogP contribution is 2.31. The number of hydrogen-bond donors (Lipinski definition) is 0. The quantitative estimate of drug-likeness (QED) is 0.639. The highest BCUT2D eigenvalue weighted by Gasteiger charge is 2.23. The number of Topliss-reactive ketones (excluding diaryl/α,β-unsaturated/α-hetero) is 1. The lowest BCUT2D eigenvalue weighted by Crippen LogP contribution is -2.09. The molecule has 2 rings (SSSR count). The van der Waals surface area contributed by atoms with Crippen LogP contribution in [0.2, 0.25) is 0 Å². The Morgan fingerprint density at radius 2 is 2.10 bits per heavy atom. The molecule has 2 aromatic rings. The van der Waals surface area contributed by atoms with Gasteiger partial charge in [0.25, 0.3) is 0 Å². The summed E-state index contributed by atoms with van der Waals surface area (Å²) < 4.78 is 18.1. The molecule has 1 aromatic heterocycles. The van der Waals surface area contributed by atoms with Gasteiger partial charge < -0.3 is 4.74 Å². The number of ether oxygens (including phenoxy) is 1. The number of nitrogens with zero attached hydrogens (tertiary/aromatic N) is 1. The summed E-state index contributed by atoms with van der Waals surface area (Å²) in [6, 6.07) is 4.29. The van der Waals surface area contributed by atoms with Crippen LogP contribution in [0.3, 0.4) is 0 Å². The van der Waals surface area contributed by atoms with E-state index in [1.165, 1.54) is 19.1 Å². The molecule has 0 amide bonds. The van der Waals surface area contributed by atoms with Gasteiger partial charge in [-0.05, 0) is 37.6 Å². The standard InChI is InChI=1S/C15H14FNO3S/c1-4-20-15(19)12-13(9(3)18)21-14(17-12)11-6-5-10(16)7-8(11)2/h5-7H,4H2,1-3H3. The Bertz CT molecular complexity index is 709. The molecule has 0 unspecified atom stereocenters. The Morgan fingerprint density at radius 3 is 2.67 bits per heavy atom. The summed E-state index contributed by atoms with van der Waals surface area (Å²) in [5.41, 5.74) is 1.40. The third kappa shape index (κ3) is 3.16. The Hall–Kier alpha value is -2.08. The summed E-state index contributed by atoms with van der Waals surface area (Å²) in [5.74, 6) is -1.21. The first-order chi connectivity index (χ1) is 9.93. The number of aromatic nitrogens is 1. The summed E-state index contributed by atoms with van der Waals surface area (Å²) in [7, 11) is 0. The lowest BCUT2D eigenvalue weighted by molar-refractivity contribution is 0.0517. The molecule has 0 saturated carbocycles. The Morgan fingerprint density at radius 1 is 1.38 bits per heavy atom. The Kier molecular flexibility index (Phi) is 4.47. The van der Waals surface area contributed by atoms with Gasteiger partial charge in [-0.3, -0.25) is 4.79 Å². The highest BCUT2D eigenvalue weighted by molar-refractivity contribution is 7.17. The minimum atomic E-state index is -0.620. The van der Waals surface area contributed by atoms with Crippen LogP contribution in [0.5, 0.6) is 0 Å². The van der Waals surface area contributed by atoms with E-state index in [4.69, 9.17) is 4.74 Å². The van der Waals surface area contributed by atoms with E-state index in [2.05, 4.69) is 4.98 Å². The molecule has 0 saturated heterocycles. The molecule has 0 atom stereocenters. The maximum Gasteiger partial charge on any atom is 0.358 e. The van der Waals surface area contributed by atoms with E-state index >= 15 is 0 Å². The fraction of sp³-hybridized carbons (Fsp3) is 0.267. The summed E-state index contributed by atoms with van der Waals surface area (Å²) in [6.45, 7) is 5.01. The van der Waals surface area contributed by atoms with Crippen LogP contribution in [0.4, 0.5) is 4.39 Å². The minimum absolute atomic E-state index is 0.0214. The number of carbonyl (C=O) groups excluding carboxylic acids is 2. The molecule has 0 spiro atoms. The van der Waals surface area contributed by atoms with Gasteiger partial charge >= 0.3 is 5.97 Å². The first-order valence-electron chi connectivity index (χ1n) is 6.39. The van der Waals surface area contributed by atoms with Gasteiger partial charge in [-0.15, -0.1) is 11.3 Å². The summed E-state index contributed by atoms with van der Waals surface area (Å²) >= 11 is 1.11. The van der Waals surface area contributed by atoms with Crippen molar-refractivity contribution in [3.8, 4) is 10.6 Å². The van der Waals surface area contributed by atoms with E-state index in [0.717, 1.165) is 11.3 Å². The van der Waals surface area contributed by atoms with Crippen LogP contribution >= 0.6 is 11.3 Å². The number of benzene rings is 1. The number of esters is 1. The van der Waals surface area contributed by atoms with Gasteiger partial charge in [0.05, 0.1) is 6.61 Å². The van der Waals surface area contributed by atoms with E-state index in [1.807, 2.05) is 0 Å². The molecule has 0 aliphatic heterocycles. The average molecular weight is 307 g/mol. The molecule has 6 heteroatoms. The van der Waals surface area contributed by atoms with Crippen molar-refractivity contribution in [2.24, 2.45) is 0 Å². The zero-order chi connectivity index (χ0) is 15.6. The molecule has 0 fully saturated rings. The van der Waals surface area contributed by atoms with Crippen LogP contribution in [0.15, 0.2) is 18.2 Å². The van der Waals surface area contributed by atoms with Crippen molar-refractivity contribution in [1.82, 2.24) is 4.98 Å². The molecule has 0 bridgehead atoms. The first-order valence-corrected chi connectivity index (χ1v) is 7.21. The second-order valence-electron chi connectivity index (χ2n) is 4.43. The predicted molar refractivity (Wildman–Crippen MR) is 78.2 cm³/mol. The minimum Gasteiger partial charge on any atom is -0.461 e. The summed E-state index contributed by atoms with van der Waals surface area (Å²) in [6.07, 6.45) is 0. The molecule has 1 aromatic carbocycles. The van der Waals surface area contributed by atoms with E-state index < -0.39 is 5.97 Å². The van der Waals surface area contributed by atoms with Gasteiger partial charge in [0.15, 0.2) is 11.5 Å². The van der Waals surface area contributed by atoms with Crippen LogP contribution in [0.1, 0.15) is 39.6 Å². The van der Waals surface area contributed by atoms with Crippen molar-refractivity contribution in [2.45, 2.75) is 20.8 Å². The molecule has 0 N–H and O–H groups in total. The van der Waals surface area contributed by atoms with Crippen molar-refractivity contribution < 1.29 is 18.7 Å². The van der Waals surface area contributed by atoms with Crippen molar-refractivity contribution in [1.29, 1.82) is 0 Å². The van der Waals surface area contributed by atoms with Gasteiger partial charge in [0.1, 0.15) is 15.7 Å². The lowest BCUT2D eigenvalue weighted by atomic mass is 10.1. The van der Waals surface area contributed by atoms with Gasteiger partial charge in [-0.2, -0.15) is 0 Å². The topological polar surface area (TPSA) is 56.3 Å². The van der Waals surface area contributed by atoms with Crippen molar-refractivity contribution in [2.75, 3.05) is 6.61 Å². The largest absolute Gasteiger partial charge is 0.461 e. The van der Waals surface area contributed by atoms with Crippen LogP contribution in [-0.2, 0) is 4.74 Å². The molecule has 110 valence electrons. The highest BCUT2D eigenvalue weighted by atomic mass is 32.1. The molecule has 4 nitrogen and oxygen atoms in total. The second kappa shape index (κ2) is 6.13. The maximum atomic E-state index is 13.2. The Labute approximate surface area is 125 Å². The van der Waals surface area contributed by atoms with E-state index in [-0.39, 0.29) is 28.8 Å². The number of rotatable bonds is 4. The fourth-order valence-corrected chi connectivity index (χ4v) is 2.92. The Balaban J connectivity index is 2.53. The van der Waals surface area contributed by atoms with Gasteiger partial charge in [-0.1, -0.05) is 0 Å². The van der Waals surface area contributed by atoms with Gasteiger partial charge in [-0.25, -0.2) is 14.2 Å². The third-order valence-electron chi connectivity index (χ3n) is 2.83. The first kappa shape index (κ1) is 15.3. The second-order valence-corrected chi connectivity index (χ2v) is 5.43. The summed E-state index contributed by atoms with van der Waals surface area (Å²) in [5, 5.41) is 0.501. The maximum absolute atomic E-state index is 13.2. The van der Waals surface area contributed by atoms with Crippen molar-refractivity contribution >= 4 is 23.1 Å². The number of ketones is 1. The SMILES string of the molecule is CCOC(=O)c1nc(-c2ccc(F)cc2C)sc1C(C)=O. The fourth-order valence-electron chi connectivity index (χ4n) is 1.88. The van der Waals surface area contributed by atoms with Gasteiger partial charge in [0.2, 0.25) is 0 Å². The van der Waals surface area contributed by atoms with Crippen molar-refractivity contribution in [3.63, 3.8) is 0 Å². The summed E-state index contributed by atoms with van der Waals surface area (Å²) in [4.78, 5) is 28.0. The molecular formula is C15H14FNO3S. The van der Waals surface area contributed by atoms with E-state index in [1.54, 1.807) is 19.9 Å². The number of aryl methyl sites for hydroxylation is 1.